The lowest BCUT2D eigenvalue weighted by atomic mass is 9.91. The number of aliphatic hydroxyl groups excluding tert-OH is 1. The molecule has 37 heavy (non-hydrogen) atoms. The van der Waals surface area contributed by atoms with Crippen LogP contribution in [0.4, 0.5) is 4.39 Å². The molecule has 0 aliphatic heterocycles. The lowest BCUT2D eigenvalue weighted by Gasteiger charge is -2.15. The van der Waals surface area contributed by atoms with Gasteiger partial charge in [0, 0.05) is 16.7 Å². The largest absolute Gasteiger partial charge is 0.476 e. The van der Waals surface area contributed by atoms with Gasteiger partial charge < -0.3 is 14.9 Å². The van der Waals surface area contributed by atoms with Crippen molar-refractivity contribution in [3.05, 3.63) is 82.3 Å². The molecule has 1 heterocycles. The molecule has 0 spiro atoms. The van der Waals surface area contributed by atoms with Crippen molar-refractivity contribution < 1.29 is 28.9 Å². The Balaban J connectivity index is 0.000000259. The van der Waals surface area contributed by atoms with Crippen LogP contribution in [0.15, 0.2) is 54.6 Å². The van der Waals surface area contributed by atoms with E-state index in [-0.39, 0.29) is 42.7 Å². The van der Waals surface area contributed by atoms with Crippen molar-refractivity contribution in [2.75, 3.05) is 0 Å². The molecular weight excluding hydrogens is 499 g/mol. The molecule has 7 nitrogen and oxygen atoms in total. The normalized spacial score (nSPS) is 13.0. The minimum Gasteiger partial charge on any atom is -0.476 e. The molecule has 0 atom stereocenters. The number of carboxylic acid groups (broad SMARTS) is 1. The van der Waals surface area contributed by atoms with Crippen molar-refractivity contribution in [3.8, 4) is 5.88 Å². The molecule has 9 heteroatoms. The molecule has 0 radical (unpaired) electrons. The second-order valence-corrected chi connectivity index (χ2v) is 9.38. The average molecular weight is 533 g/mol. The van der Waals surface area contributed by atoms with Crippen molar-refractivity contribution in [1.82, 2.24) is 9.78 Å². The molecule has 2 N–H and O–H groups in total. The van der Waals surface area contributed by atoms with Crippen LogP contribution in [0.5, 0.6) is 5.88 Å². The number of carbonyl (C=O) groups is 2. The van der Waals surface area contributed by atoms with E-state index < -0.39 is 11.8 Å². The van der Waals surface area contributed by atoms with Gasteiger partial charge in [-0.2, -0.15) is 5.10 Å². The van der Waals surface area contributed by atoms with Gasteiger partial charge in [0.2, 0.25) is 5.88 Å². The minimum atomic E-state index is -1.25. The van der Waals surface area contributed by atoms with Crippen LogP contribution < -0.4 is 4.74 Å². The summed E-state index contributed by atoms with van der Waals surface area (Å²) in [7, 11) is 0. The molecule has 1 aromatic heterocycles. The van der Waals surface area contributed by atoms with Gasteiger partial charge in [-0.25, -0.2) is 13.9 Å². The molecule has 0 bridgehead atoms. The Bertz CT molecular complexity index is 1130. The van der Waals surface area contributed by atoms with Crippen LogP contribution in [-0.4, -0.2) is 31.7 Å². The van der Waals surface area contributed by atoms with Gasteiger partial charge in [-0.15, -0.1) is 0 Å². The fourth-order valence-corrected chi connectivity index (χ4v) is 3.83. The van der Waals surface area contributed by atoms with E-state index in [9.17, 15) is 14.0 Å². The van der Waals surface area contributed by atoms with Crippen LogP contribution in [0.1, 0.15) is 67.6 Å². The maximum atomic E-state index is 13.6. The Morgan fingerprint density at radius 2 is 1.78 bits per heavy atom. The number of hydrogen-bond donors (Lipinski definition) is 2. The molecule has 1 fully saturated rings. The highest BCUT2D eigenvalue weighted by atomic mass is 35.5. The number of ketones is 1. The smallest absolute Gasteiger partial charge is 0.356 e. The number of Topliss-reactive ketones (excluding diaryl/α,β-unsaturated/α-hetero) is 1. The van der Waals surface area contributed by atoms with E-state index in [1.54, 1.807) is 0 Å². The molecule has 0 unspecified atom stereocenters. The Kier molecular flexibility index (Phi) is 12.8. The highest BCUT2D eigenvalue weighted by molar-refractivity contribution is 6.30. The molecule has 4 rings (SSSR count). The summed E-state index contributed by atoms with van der Waals surface area (Å²) in [5, 5.41) is 21.6. The fourth-order valence-electron chi connectivity index (χ4n) is 3.64. The van der Waals surface area contributed by atoms with Gasteiger partial charge >= 0.3 is 5.97 Å². The predicted octanol–water partition coefficient (Wildman–Crippen LogP) is 6.31. The lowest BCUT2D eigenvalue weighted by molar-refractivity contribution is -0.117. The van der Waals surface area contributed by atoms with Gasteiger partial charge in [-0.1, -0.05) is 81.0 Å². The molecular formula is C28H34ClFN2O5. The van der Waals surface area contributed by atoms with E-state index in [2.05, 4.69) is 12.0 Å². The molecule has 0 saturated heterocycles. The maximum absolute atomic E-state index is 13.6. The Morgan fingerprint density at radius 3 is 2.30 bits per heavy atom. The number of hydrogen-bond acceptors (Lipinski definition) is 5. The van der Waals surface area contributed by atoms with Crippen LogP contribution in [0, 0.1) is 11.7 Å². The monoisotopic (exact) mass is 532 g/mol. The van der Waals surface area contributed by atoms with Gasteiger partial charge in [0.25, 0.3) is 0 Å². The van der Waals surface area contributed by atoms with E-state index in [1.165, 1.54) is 63.3 Å². The quantitative estimate of drug-likeness (QED) is 0.370. The second kappa shape index (κ2) is 15.8. The highest BCUT2D eigenvalue weighted by Gasteiger charge is 2.16. The number of aromatic carboxylic acids is 1. The van der Waals surface area contributed by atoms with Gasteiger partial charge in [-0.3, -0.25) is 4.79 Å². The standard InChI is InChI=1S/C14H12ClFN2O4.C7H8O.C7H14/c1-8(19)6-18-13(5-12(17-18)14(20)21)22-7-9-4-10(15)2-3-11(9)16;8-6-7-4-2-1-3-5-7;1-7-5-3-2-4-6-7/h2-5H,6-7H2,1H3,(H,20,21);1-5,8H,6H2;7H,2-6H2,1H3. The van der Waals surface area contributed by atoms with Crippen LogP contribution in [0.2, 0.25) is 5.02 Å². The van der Waals surface area contributed by atoms with Crippen LogP contribution in [0.3, 0.4) is 0 Å². The molecule has 1 saturated carbocycles. The number of aromatic nitrogens is 2. The third kappa shape index (κ3) is 11.1. The third-order valence-electron chi connectivity index (χ3n) is 5.64. The summed E-state index contributed by atoms with van der Waals surface area (Å²) in [5.41, 5.74) is 0.912. The number of rotatable bonds is 7. The SMILES string of the molecule is CC(=O)Cn1nc(C(=O)O)cc1OCc1cc(Cl)ccc1F.CC1CCCCC1.OCc1ccccc1. The number of ether oxygens (including phenoxy) is 1. The van der Waals surface area contributed by atoms with E-state index in [0.717, 1.165) is 16.2 Å². The first kappa shape index (κ1) is 30.0. The summed E-state index contributed by atoms with van der Waals surface area (Å²) in [4.78, 5) is 22.1. The molecule has 3 aromatic rings. The number of aliphatic hydroxyl groups is 1. The molecule has 200 valence electrons. The summed E-state index contributed by atoms with van der Waals surface area (Å²) in [6.45, 7) is 3.53. The van der Waals surface area contributed by atoms with E-state index in [1.807, 2.05) is 30.3 Å². The predicted molar refractivity (Wildman–Crippen MR) is 140 cm³/mol. The zero-order chi connectivity index (χ0) is 27.2. The van der Waals surface area contributed by atoms with Crippen molar-refractivity contribution in [2.45, 2.75) is 65.7 Å². The highest BCUT2D eigenvalue weighted by Crippen LogP contribution is 2.22. The Labute approximate surface area is 221 Å². The number of nitrogens with zero attached hydrogens (tertiary/aromatic N) is 2. The minimum absolute atomic E-state index is 0.0620. The summed E-state index contributed by atoms with van der Waals surface area (Å²) < 4.78 is 20.1. The van der Waals surface area contributed by atoms with E-state index in [4.69, 9.17) is 26.6 Å². The Hall–Kier alpha value is -3.23. The first-order valence-electron chi connectivity index (χ1n) is 12.2. The van der Waals surface area contributed by atoms with Gasteiger partial charge in [0.05, 0.1) is 6.61 Å². The van der Waals surface area contributed by atoms with E-state index in [0.29, 0.717) is 5.02 Å². The first-order valence-corrected chi connectivity index (χ1v) is 12.6. The van der Waals surface area contributed by atoms with Gasteiger partial charge in [0.1, 0.15) is 19.0 Å². The van der Waals surface area contributed by atoms with E-state index >= 15 is 0 Å². The summed E-state index contributed by atoms with van der Waals surface area (Å²) >= 11 is 5.78. The molecule has 1 aliphatic carbocycles. The lowest BCUT2D eigenvalue weighted by Crippen LogP contribution is -2.11. The van der Waals surface area contributed by atoms with Crippen LogP contribution >= 0.6 is 11.6 Å². The third-order valence-corrected chi connectivity index (χ3v) is 5.87. The number of carboxylic acids is 1. The van der Waals surface area contributed by atoms with Crippen molar-refractivity contribution in [2.24, 2.45) is 5.92 Å². The fraction of sp³-hybridized carbons (Fsp3) is 0.393. The number of benzene rings is 2. The topological polar surface area (TPSA) is 102 Å². The van der Waals surface area contributed by atoms with Gasteiger partial charge in [-0.05, 0) is 36.6 Å². The average Bonchev–Trinajstić information content (AvgIpc) is 3.28. The zero-order valence-corrected chi connectivity index (χ0v) is 22.0. The van der Waals surface area contributed by atoms with Crippen molar-refractivity contribution in [1.29, 1.82) is 0 Å². The molecule has 2 aromatic carbocycles. The van der Waals surface area contributed by atoms with Gasteiger partial charge in [0.15, 0.2) is 11.5 Å². The van der Waals surface area contributed by atoms with Crippen LogP contribution in [-0.2, 0) is 24.6 Å². The Morgan fingerprint density at radius 1 is 1.11 bits per heavy atom. The van der Waals surface area contributed by atoms with Crippen LogP contribution in [0.25, 0.3) is 0 Å². The summed E-state index contributed by atoms with van der Waals surface area (Å²) in [5.74, 6) is -0.874. The zero-order valence-electron chi connectivity index (χ0n) is 21.2. The van der Waals surface area contributed by atoms with Crippen molar-refractivity contribution in [3.63, 3.8) is 0 Å². The second-order valence-electron chi connectivity index (χ2n) is 8.94. The number of halogens is 2. The molecule has 0 amide bonds. The molecule has 1 aliphatic rings. The first-order chi connectivity index (χ1) is 17.7. The maximum Gasteiger partial charge on any atom is 0.356 e. The number of carbonyl (C=O) groups excluding carboxylic acids is 1. The van der Waals surface area contributed by atoms with Crippen molar-refractivity contribution >= 4 is 23.4 Å². The summed E-state index contributed by atoms with van der Waals surface area (Å²) in [6, 6.07) is 14.7. The summed E-state index contributed by atoms with van der Waals surface area (Å²) in [6.07, 6.45) is 7.44.